The molecular weight excluding hydrogens is 372 g/mol. The molecule has 0 radical (unpaired) electrons. The Balaban J connectivity index is 1.37. The number of H-pyrrole nitrogens is 1. The first kappa shape index (κ1) is 19.1. The van der Waals surface area contributed by atoms with E-state index in [1.807, 2.05) is 78.9 Å². The van der Waals surface area contributed by atoms with Crippen LogP contribution in [0.4, 0.5) is 0 Å². The number of nitrogens with one attached hydrogen (secondary N) is 2. The summed E-state index contributed by atoms with van der Waals surface area (Å²) in [5.74, 6) is -0.348. The SMILES string of the molecule is O=C(NN=CC=Cc1ccccc1)c1cc(-c2ccc(-c3ccccc3)cc2)n[nH]1. The third-order valence-electron chi connectivity index (χ3n) is 4.53. The molecule has 0 aliphatic rings. The van der Waals surface area contributed by atoms with Gasteiger partial charge in [-0.25, -0.2) is 5.43 Å². The van der Waals surface area contributed by atoms with E-state index < -0.39 is 0 Å². The molecule has 0 bridgehead atoms. The van der Waals surface area contributed by atoms with E-state index in [4.69, 9.17) is 0 Å². The molecule has 5 nitrogen and oxygen atoms in total. The molecule has 2 N–H and O–H groups in total. The normalized spacial score (nSPS) is 11.2. The van der Waals surface area contributed by atoms with Crippen molar-refractivity contribution in [3.8, 4) is 22.4 Å². The van der Waals surface area contributed by atoms with Gasteiger partial charge in [0.05, 0.1) is 5.69 Å². The van der Waals surface area contributed by atoms with Crippen molar-refractivity contribution >= 4 is 18.2 Å². The van der Waals surface area contributed by atoms with Crippen molar-refractivity contribution in [1.82, 2.24) is 15.6 Å². The van der Waals surface area contributed by atoms with Crippen molar-refractivity contribution in [2.24, 2.45) is 5.10 Å². The zero-order chi connectivity index (χ0) is 20.6. The number of aromatic amines is 1. The number of hydrogen-bond donors (Lipinski definition) is 2. The van der Waals surface area contributed by atoms with E-state index in [0.29, 0.717) is 11.4 Å². The Kier molecular flexibility index (Phi) is 5.91. The lowest BCUT2D eigenvalue weighted by atomic mass is 10.0. The molecule has 0 fully saturated rings. The molecular formula is C25H20N4O. The van der Waals surface area contributed by atoms with Gasteiger partial charge in [0.25, 0.3) is 5.91 Å². The van der Waals surface area contributed by atoms with Gasteiger partial charge in [-0.15, -0.1) is 0 Å². The molecule has 30 heavy (non-hydrogen) atoms. The predicted octanol–water partition coefficient (Wildman–Crippen LogP) is 5.17. The largest absolute Gasteiger partial charge is 0.289 e. The van der Waals surface area contributed by atoms with Gasteiger partial charge in [0.2, 0.25) is 0 Å². The fourth-order valence-corrected chi connectivity index (χ4v) is 2.97. The molecule has 1 amide bonds. The second kappa shape index (κ2) is 9.30. The summed E-state index contributed by atoms with van der Waals surface area (Å²) in [6, 6.07) is 29.8. The second-order valence-electron chi connectivity index (χ2n) is 6.60. The lowest BCUT2D eigenvalue weighted by Gasteiger charge is -2.02. The average Bonchev–Trinajstić information content (AvgIpc) is 3.31. The van der Waals surface area contributed by atoms with Gasteiger partial charge in [0, 0.05) is 11.8 Å². The zero-order valence-electron chi connectivity index (χ0n) is 16.2. The highest BCUT2D eigenvalue weighted by Gasteiger charge is 2.10. The Labute approximate surface area is 174 Å². The van der Waals surface area contributed by atoms with Crippen LogP contribution in [0.2, 0.25) is 0 Å². The van der Waals surface area contributed by atoms with E-state index in [1.165, 1.54) is 6.21 Å². The molecule has 0 aliphatic heterocycles. The van der Waals surface area contributed by atoms with Crippen LogP contribution in [-0.2, 0) is 0 Å². The first-order valence-corrected chi connectivity index (χ1v) is 9.56. The van der Waals surface area contributed by atoms with Gasteiger partial charge in [0.15, 0.2) is 0 Å². The van der Waals surface area contributed by atoms with Crippen LogP contribution in [0.3, 0.4) is 0 Å². The molecule has 0 saturated heterocycles. The van der Waals surface area contributed by atoms with Crippen LogP contribution in [0.15, 0.2) is 102 Å². The highest BCUT2D eigenvalue weighted by atomic mass is 16.2. The minimum atomic E-state index is -0.348. The molecule has 1 aromatic heterocycles. The number of amides is 1. The number of aromatic nitrogens is 2. The molecule has 0 unspecified atom stereocenters. The summed E-state index contributed by atoms with van der Waals surface area (Å²) in [5, 5.41) is 10.9. The Morgan fingerprint density at radius 2 is 1.47 bits per heavy atom. The minimum absolute atomic E-state index is 0.348. The van der Waals surface area contributed by atoms with Crippen LogP contribution >= 0.6 is 0 Å². The number of hydrogen-bond acceptors (Lipinski definition) is 3. The molecule has 146 valence electrons. The molecule has 0 spiro atoms. The molecule has 0 atom stereocenters. The van der Waals surface area contributed by atoms with Crippen LogP contribution < -0.4 is 5.43 Å². The van der Waals surface area contributed by atoms with Gasteiger partial charge in [-0.3, -0.25) is 9.89 Å². The molecule has 1 heterocycles. The second-order valence-corrected chi connectivity index (χ2v) is 6.60. The number of carbonyl (C=O) groups is 1. The van der Waals surface area contributed by atoms with Crippen molar-refractivity contribution in [3.05, 3.63) is 108 Å². The Hall–Kier alpha value is -4.25. The maximum Gasteiger partial charge on any atom is 0.289 e. The van der Waals surface area contributed by atoms with Gasteiger partial charge < -0.3 is 0 Å². The van der Waals surface area contributed by atoms with Crippen LogP contribution in [0.25, 0.3) is 28.5 Å². The monoisotopic (exact) mass is 392 g/mol. The molecule has 0 saturated carbocycles. The van der Waals surface area contributed by atoms with Crippen LogP contribution in [0.5, 0.6) is 0 Å². The van der Waals surface area contributed by atoms with Crippen molar-refractivity contribution < 1.29 is 4.79 Å². The average molecular weight is 392 g/mol. The summed E-state index contributed by atoms with van der Waals surface area (Å²) in [7, 11) is 0. The Morgan fingerprint density at radius 1 is 0.833 bits per heavy atom. The summed E-state index contributed by atoms with van der Waals surface area (Å²) < 4.78 is 0. The fourth-order valence-electron chi connectivity index (χ4n) is 2.97. The van der Waals surface area contributed by atoms with Gasteiger partial charge in [0.1, 0.15) is 5.69 Å². The lowest BCUT2D eigenvalue weighted by Crippen LogP contribution is -2.17. The Morgan fingerprint density at radius 3 is 2.20 bits per heavy atom. The summed E-state index contributed by atoms with van der Waals surface area (Å²) in [4.78, 5) is 12.2. The van der Waals surface area contributed by atoms with Crippen molar-refractivity contribution in [2.75, 3.05) is 0 Å². The summed E-state index contributed by atoms with van der Waals surface area (Å²) in [6.45, 7) is 0. The number of rotatable bonds is 6. The van der Waals surface area contributed by atoms with E-state index in [1.54, 1.807) is 12.1 Å². The van der Waals surface area contributed by atoms with E-state index >= 15 is 0 Å². The maximum atomic E-state index is 12.2. The molecule has 4 aromatic rings. The topological polar surface area (TPSA) is 70.1 Å². The van der Waals surface area contributed by atoms with Crippen molar-refractivity contribution in [3.63, 3.8) is 0 Å². The summed E-state index contributed by atoms with van der Waals surface area (Å²) in [6.07, 6.45) is 5.20. The number of benzene rings is 3. The standard InChI is InChI=1S/C25H20N4O/c30-25(29-26-17-7-10-19-8-3-1-4-9-19)24-18-23(27-28-24)22-15-13-21(14-16-22)20-11-5-2-6-12-20/h1-18H,(H,27,28)(H,29,30). The van der Waals surface area contributed by atoms with E-state index in [2.05, 4.69) is 32.9 Å². The minimum Gasteiger partial charge on any atom is -0.272 e. The predicted molar refractivity (Wildman–Crippen MR) is 121 cm³/mol. The van der Waals surface area contributed by atoms with Crippen LogP contribution in [0.1, 0.15) is 16.1 Å². The van der Waals surface area contributed by atoms with E-state index in [-0.39, 0.29) is 5.91 Å². The fraction of sp³-hybridized carbons (Fsp3) is 0. The first-order valence-electron chi connectivity index (χ1n) is 9.56. The quantitative estimate of drug-likeness (QED) is 0.351. The summed E-state index contributed by atoms with van der Waals surface area (Å²) in [5.41, 5.74) is 7.82. The van der Waals surface area contributed by atoms with Gasteiger partial charge >= 0.3 is 0 Å². The zero-order valence-corrected chi connectivity index (χ0v) is 16.2. The van der Waals surface area contributed by atoms with Crippen molar-refractivity contribution in [2.45, 2.75) is 0 Å². The maximum absolute atomic E-state index is 12.2. The third-order valence-corrected chi connectivity index (χ3v) is 4.53. The van der Waals surface area contributed by atoms with Gasteiger partial charge in [-0.2, -0.15) is 10.2 Å². The lowest BCUT2D eigenvalue weighted by molar-refractivity contribution is 0.0950. The Bertz CT molecular complexity index is 1160. The highest BCUT2D eigenvalue weighted by Crippen LogP contribution is 2.24. The molecule has 5 heteroatoms. The van der Waals surface area contributed by atoms with Gasteiger partial charge in [-0.05, 0) is 28.8 Å². The van der Waals surface area contributed by atoms with Gasteiger partial charge in [-0.1, -0.05) is 91.0 Å². The van der Waals surface area contributed by atoms with E-state index in [9.17, 15) is 4.79 Å². The van der Waals surface area contributed by atoms with Crippen LogP contribution in [-0.4, -0.2) is 22.3 Å². The highest BCUT2D eigenvalue weighted by molar-refractivity contribution is 5.94. The van der Waals surface area contributed by atoms with E-state index in [0.717, 1.165) is 22.3 Å². The molecule has 0 aliphatic carbocycles. The molecule has 4 rings (SSSR count). The van der Waals surface area contributed by atoms with Crippen molar-refractivity contribution in [1.29, 1.82) is 0 Å². The number of allylic oxidation sites excluding steroid dienone is 1. The molecule has 3 aromatic carbocycles. The van der Waals surface area contributed by atoms with Crippen LogP contribution in [0, 0.1) is 0 Å². The number of carbonyl (C=O) groups excluding carboxylic acids is 1. The first-order chi connectivity index (χ1) is 14.8. The third kappa shape index (κ3) is 4.77. The number of nitrogens with zero attached hydrogens (tertiary/aromatic N) is 2. The summed E-state index contributed by atoms with van der Waals surface area (Å²) >= 11 is 0. The smallest absolute Gasteiger partial charge is 0.272 e. The number of hydrazone groups is 1.